The van der Waals surface area contributed by atoms with Gasteiger partial charge in [-0.25, -0.2) is 13.4 Å². The second kappa shape index (κ2) is 9.69. The van der Waals surface area contributed by atoms with Crippen molar-refractivity contribution in [3.05, 3.63) is 95.3 Å². The summed E-state index contributed by atoms with van der Waals surface area (Å²) in [6.45, 7) is 4.92. The lowest BCUT2D eigenvalue weighted by Gasteiger charge is -2.15. The van der Waals surface area contributed by atoms with Crippen molar-refractivity contribution in [2.45, 2.75) is 26.3 Å². The lowest BCUT2D eigenvalue weighted by atomic mass is 10.0. The Bertz CT molecular complexity index is 1410. The van der Waals surface area contributed by atoms with Crippen LogP contribution in [-0.4, -0.2) is 36.7 Å². The fourth-order valence-corrected chi connectivity index (χ4v) is 4.58. The van der Waals surface area contributed by atoms with E-state index in [0.29, 0.717) is 35.4 Å². The molecule has 0 radical (unpaired) electrons. The maximum absolute atomic E-state index is 13.4. The first kappa shape index (κ1) is 23.5. The summed E-state index contributed by atoms with van der Waals surface area (Å²) in [7, 11) is -3.52. The highest BCUT2D eigenvalue weighted by molar-refractivity contribution is 7.92. The van der Waals surface area contributed by atoms with E-state index in [2.05, 4.69) is 21.9 Å². The fraction of sp³-hybridized carbons (Fsp3) is 0.231. The molecule has 4 rings (SSSR count). The van der Waals surface area contributed by atoms with Gasteiger partial charge in [0.2, 0.25) is 10.0 Å². The zero-order valence-corrected chi connectivity index (χ0v) is 20.3. The molecule has 0 aliphatic heterocycles. The topological polar surface area (TPSA) is 93.1 Å². The standard InChI is InChI=1S/C26H28N4O3S/c1-18(21-12-8-5-9-13-21)16-27-26(31)23-14-22(29-34(3,32)33)15-24-25(23)30(19(2)28-24)17-20-10-6-4-7-11-20/h4-15,18,29H,16-17H2,1-3H3,(H,27,31). The van der Waals surface area contributed by atoms with Crippen LogP contribution >= 0.6 is 0 Å². The van der Waals surface area contributed by atoms with Crippen molar-refractivity contribution in [1.29, 1.82) is 0 Å². The molecule has 0 fully saturated rings. The lowest BCUT2D eigenvalue weighted by molar-refractivity contribution is 0.0953. The Morgan fingerprint density at radius 1 is 1.03 bits per heavy atom. The predicted octanol–water partition coefficient (Wildman–Crippen LogP) is 4.30. The first-order chi connectivity index (χ1) is 16.2. The van der Waals surface area contributed by atoms with Crippen LogP contribution in [0.15, 0.2) is 72.8 Å². The molecule has 1 atom stereocenters. The van der Waals surface area contributed by atoms with Crippen molar-refractivity contribution < 1.29 is 13.2 Å². The molecular weight excluding hydrogens is 448 g/mol. The van der Waals surface area contributed by atoms with Gasteiger partial charge in [-0.1, -0.05) is 67.6 Å². The zero-order chi connectivity index (χ0) is 24.3. The number of amides is 1. The van der Waals surface area contributed by atoms with E-state index < -0.39 is 10.0 Å². The molecule has 34 heavy (non-hydrogen) atoms. The van der Waals surface area contributed by atoms with E-state index in [-0.39, 0.29) is 11.8 Å². The number of aryl methyl sites for hydroxylation is 1. The zero-order valence-electron chi connectivity index (χ0n) is 19.4. The van der Waals surface area contributed by atoms with E-state index in [1.165, 1.54) is 0 Å². The summed E-state index contributed by atoms with van der Waals surface area (Å²) < 4.78 is 28.2. The largest absolute Gasteiger partial charge is 0.351 e. The van der Waals surface area contributed by atoms with Crippen LogP contribution in [0.5, 0.6) is 0 Å². The number of hydrogen-bond acceptors (Lipinski definition) is 4. The molecule has 1 unspecified atom stereocenters. The van der Waals surface area contributed by atoms with E-state index in [0.717, 1.165) is 23.2 Å². The summed E-state index contributed by atoms with van der Waals surface area (Å²) >= 11 is 0. The molecule has 2 N–H and O–H groups in total. The number of anilines is 1. The van der Waals surface area contributed by atoms with E-state index >= 15 is 0 Å². The summed E-state index contributed by atoms with van der Waals surface area (Å²) in [6, 6.07) is 23.1. The summed E-state index contributed by atoms with van der Waals surface area (Å²) in [5.41, 5.74) is 4.12. The Balaban J connectivity index is 1.73. The van der Waals surface area contributed by atoms with Gasteiger partial charge in [0.25, 0.3) is 5.91 Å². The Morgan fingerprint density at radius 2 is 1.68 bits per heavy atom. The van der Waals surface area contributed by atoms with Crippen molar-refractivity contribution in [3.63, 3.8) is 0 Å². The van der Waals surface area contributed by atoms with Gasteiger partial charge in [-0.2, -0.15) is 0 Å². The highest BCUT2D eigenvalue weighted by atomic mass is 32.2. The Kier molecular flexibility index (Phi) is 6.70. The number of nitrogens with one attached hydrogen (secondary N) is 2. The molecule has 0 saturated heterocycles. The van der Waals surface area contributed by atoms with Gasteiger partial charge in [-0.05, 0) is 36.1 Å². The van der Waals surface area contributed by atoms with Crippen LogP contribution in [0.2, 0.25) is 0 Å². The minimum atomic E-state index is -3.52. The first-order valence-corrected chi connectivity index (χ1v) is 13.0. The summed E-state index contributed by atoms with van der Waals surface area (Å²) in [5, 5.41) is 3.02. The van der Waals surface area contributed by atoms with Crippen LogP contribution in [0.3, 0.4) is 0 Å². The maximum atomic E-state index is 13.4. The van der Waals surface area contributed by atoms with Crippen molar-refractivity contribution in [1.82, 2.24) is 14.9 Å². The molecule has 4 aromatic rings. The number of fused-ring (bicyclic) bond motifs is 1. The van der Waals surface area contributed by atoms with Crippen LogP contribution in [0.1, 0.15) is 40.2 Å². The van der Waals surface area contributed by atoms with Gasteiger partial charge in [0.05, 0.1) is 28.5 Å². The monoisotopic (exact) mass is 476 g/mol. The molecule has 176 valence electrons. The normalized spacial score (nSPS) is 12.4. The quantitative estimate of drug-likeness (QED) is 0.397. The van der Waals surface area contributed by atoms with Crippen molar-refractivity contribution in [3.8, 4) is 0 Å². The van der Waals surface area contributed by atoms with E-state index in [4.69, 9.17) is 0 Å². The predicted molar refractivity (Wildman–Crippen MR) is 136 cm³/mol. The second-order valence-corrected chi connectivity index (χ2v) is 10.3. The average Bonchev–Trinajstić information content (AvgIpc) is 3.11. The van der Waals surface area contributed by atoms with Crippen LogP contribution < -0.4 is 10.0 Å². The van der Waals surface area contributed by atoms with Crippen molar-refractivity contribution in [2.24, 2.45) is 0 Å². The number of imidazole rings is 1. The summed E-state index contributed by atoms with van der Waals surface area (Å²) in [5.74, 6) is 0.579. The summed E-state index contributed by atoms with van der Waals surface area (Å²) in [4.78, 5) is 18.0. The van der Waals surface area contributed by atoms with Gasteiger partial charge in [-0.15, -0.1) is 0 Å². The highest BCUT2D eigenvalue weighted by Gasteiger charge is 2.20. The number of hydrogen-bond donors (Lipinski definition) is 2. The SMILES string of the molecule is Cc1nc2cc(NS(C)(=O)=O)cc(C(=O)NCC(C)c3ccccc3)c2n1Cc1ccccc1. The number of carbonyl (C=O) groups excluding carboxylic acids is 1. The molecular formula is C26H28N4O3S. The number of nitrogens with zero attached hydrogens (tertiary/aromatic N) is 2. The van der Waals surface area contributed by atoms with Gasteiger partial charge in [0, 0.05) is 13.1 Å². The third-order valence-electron chi connectivity index (χ3n) is 5.70. The second-order valence-electron chi connectivity index (χ2n) is 8.52. The van der Waals surface area contributed by atoms with Crippen LogP contribution in [0.25, 0.3) is 11.0 Å². The van der Waals surface area contributed by atoms with Crippen LogP contribution in [0, 0.1) is 6.92 Å². The lowest BCUT2D eigenvalue weighted by Crippen LogP contribution is -2.28. The fourth-order valence-electron chi connectivity index (χ4n) is 4.03. The molecule has 7 nitrogen and oxygen atoms in total. The number of carbonyl (C=O) groups is 1. The number of rotatable bonds is 8. The molecule has 0 aliphatic rings. The smallest absolute Gasteiger partial charge is 0.253 e. The number of sulfonamides is 1. The molecule has 0 aliphatic carbocycles. The van der Waals surface area contributed by atoms with E-state index in [1.54, 1.807) is 12.1 Å². The minimum Gasteiger partial charge on any atom is -0.351 e. The third kappa shape index (κ3) is 5.46. The number of benzene rings is 3. The Labute approximate surface area is 199 Å². The van der Waals surface area contributed by atoms with Crippen molar-refractivity contribution >= 4 is 32.7 Å². The van der Waals surface area contributed by atoms with Gasteiger partial charge < -0.3 is 9.88 Å². The molecule has 1 aromatic heterocycles. The molecule has 0 spiro atoms. The highest BCUT2D eigenvalue weighted by Crippen LogP contribution is 2.27. The molecule has 3 aromatic carbocycles. The average molecular weight is 477 g/mol. The van der Waals surface area contributed by atoms with Gasteiger partial charge >= 0.3 is 0 Å². The number of aromatic nitrogens is 2. The van der Waals surface area contributed by atoms with Crippen LogP contribution in [0.4, 0.5) is 5.69 Å². The molecule has 0 saturated carbocycles. The third-order valence-corrected chi connectivity index (χ3v) is 6.31. The van der Waals surface area contributed by atoms with Gasteiger partial charge in [0.15, 0.2) is 0 Å². The van der Waals surface area contributed by atoms with E-state index in [1.807, 2.05) is 72.2 Å². The Morgan fingerprint density at radius 3 is 2.32 bits per heavy atom. The van der Waals surface area contributed by atoms with E-state index in [9.17, 15) is 13.2 Å². The first-order valence-electron chi connectivity index (χ1n) is 11.1. The summed E-state index contributed by atoms with van der Waals surface area (Å²) in [6.07, 6.45) is 1.08. The maximum Gasteiger partial charge on any atom is 0.253 e. The molecule has 8 heteroatoms. The Hall–Kier alpha value is -3.65. The van der Waals surface area contributed by atoms with Crippen LogP contribution in [-0.2, 0) is 16.6 Å². The molecule has 1 amide bonds. The van der Waals surface area contributed by atoms with Gasteiger partial charge in [0.1, 0.15) is 5.82 Å². The molecule has 1 heterocycles. The minimum absolute atomic E-state index is 0.119. The van der Waals surface area contributed by atoms with Crippen molar-refractivity contribution in [2.75, 3.05) is 17.5 Å². The van der Waals surface area contributed by atoms with Gasteiger partial charge in [-0.3, -0.25) is 9.52 Å². The molecule has 0 bridgehead atoms.